The van der Waals surface area contributed by atoms with Crippen LogP contribution in [-0.4, -0.2) is 55.2 Å². The molecule has 1 aromatic rings. The zero-order chi connectivity index (χ0) is 20.1. The predicted molar refractivity (Wildman–Crippen MR) is 117 cm³/mol. The van der Waals surface area contributed by atoms with Crippen LogP contribution in [0.2, 0.25) is 0 Å². The largest absolute Gasteiger partial charge is 0.481 e. The van der Waals surface area contributed by atoms with Gasteiger partial charge in [-0.3, -0.25) is 9.59 Å². The van der Waals surface area contributed by atoms with Crippen molar-refractivity contribution < 1.29 is 19.2 Å². The molecule has 28 heavy (non-hydrogen) atoms. The van der Waals surface area contributed by atoms with E-state index in [1.807, 2.05) is 21.1 Å². The van der Waals surface area contributed by atoms with Gasteiger partial charge in [-0.25, -0.2) is 0 Å². The van der Waals surface area contributed by atoms with Gasteiger partial charge in [-0.2, -0.15) is 11.3 Å². The second-order valence-corrected chi connectivity index (χ2v) is 9.22. The number of nitrogens with zero attached hydrogens (tertiary/aromatic N) is 1. The maximum absolute atomic E-state index is 12.1. The molecule has 0 aromatic carbocycles. The summed E-state index contributed by atoms with van der Waals surface area (Å²) in [6.45, 7) is 0.615. The molecule has 0 saturated carbocycles. The fourth-order valence-corrected chi connectivity index (χ4v) is 3.97. The van der Waals surface area contributed by atoms with Gasteiger partial charge < -0.3 is 21.1 Å². The maximum Gasteiger partial charge on any atom is 0.305 e. The van der Waals surface area contributed by atoms with Crippen molar-refractivity contribution >= 4 is 23.2 Å². The van der Waals surface area contributed by atoms with Crippen LogP contribution in [0.3, 0.4) is 0 Å². The van der Waals surface area contributed by atoms with E-state index in [1.54, 1.807) is 11.3 Å². The van der Waals surface area contributed by atoms with E-state index in [4.69, 9.17) is 5.11 Å². The Morgan fingerprint density at radius 1 is 1.07 bits per heavy atom. The van der Waals surface area contributed by atoms with Crippen LogP contribution in [0, 0.1) is 0 Å². The van der Waals surface area contributed by atoms with Crippen LogP contribution >= 0.6 is 11.3 Å². The van der Waals surface area contributed by atoms with E-state index in [0.717, 1.165) is 12.8 Å². The Balaban J connectivity index is 0.00000729. The van der Waals surface area contributed by atoms with Gasteiger partial charge in [-0.05, 0) is 41.7 Å². The van der Waals surface area contributed by atoms with Crippen LogP contribution in [0.5, 0.6) is 0 Å². The Hall–Kier alpha value is -1.44. The van der Waals surface area contributed by atoms with E-state index >= 15 is 0 Å². The lowest BCUT2D eigenvalue weighted by Gasteiger charge is -2.29. The van der Waals surface area contributed by atoms with Crippen molar-refractivity contribution in [3.05, 3.63) is 22.4 Å². The summed E-state index contributed by atoms with van der Waals surface area (Å²) in [6, 6.07) is 1.90. The van der Waals surface area contributed by atoms with Gasteiger partial charge in [-0.15, -0.1) is 0 Å². The summed E-state index contributed by atoms with van der Waals surface area (Å²) < 4.78 is 0.630. The monoisotopic (exact) mass is 414 g/mol. The molecule has 0 radical (unpaired) electrons. The molecule has 0 bridgehead atoms. The Bertz CT molecular complexity index is 542. The van der Waals surface area contributed by atoms with Gasteiger partial charge in [-0.1, -0.05) is 32.1 Å². The number of rotatable bonds is 15. The summed E-state index contributed by atoms with van der Waals surface area (Å²) in [5.41, 5.74) is 1.46. The Kier molecular flexibility index (Phi) is 13.8. The second-order valence-electron chi connectivity index (χ2n) is 8.44. The Morgan fingerprint density at radius 2 is 1.68 bits per heavy atom. The van der Waals surface area contributed by atoms with Crippen molar-refractivity contribution in [3.63, 3.8) is 0 Å². The summed E-state index contributed by atoms with van der Waals surface area (Å²) in [5, 5.41) is 16.3. The number of amides is 1. The van der Waals surface area contributed by atoms with Crippen molar-refractivity contribution in [1.29, 1.82) is 0 Å². The highest BCUT2D eigenvalue weighted by atomic mass is 32.1. The standard InChI is InChI=1S/C21H36N2O3S.H3N/c1-23(2,3)16-19(15-21(25)26)22-20(24)12-10-8-6-4-5-7-9-11-18-13-14-27-17-18;/h13-14,17,19H,4-12,15-16H2,1-3H3,(H-,22,24,25,26);1H3/p+1/t19-;/m1./s1. The molecule has 1 amide bonds. The Labute approximate surface area is 174 Å². The third-order valence-electron chi connectivity index (χ3n) is 4.50. The smallest absolute Gasteiger partial charge is 0.305 e. The van der Waals surface area contributed by atoms with Crippen molar-refractivity contribution in [2.45, 2.75) is 70.3 Å². The van der Waals surface area contributed by atoms with Gasteiger partial charge in [0.1, 0.15) is 0 Å². The minimum Gasteiger partial charge on any atom is -0.481 e. The molecule has 0 saturated heterocycles. The highest BCUT2D eigenvalue weighted by Gasteiger charge is 2.22. The first kappa shape index (κ1) is 26.6. The first-order valence-electron chi connectivity index (χ1n) is 10.1. The number of carbonyl (C=O) groups excluding carboxylic acids is 1. The molecule has 0 unspecified atom stereocenters. The quantitative estimate of drug-likeness (QED) is 0.295. The summed E-state index contributed by atoms with van der Waals surface area (Å²) in [5.74, 6) is -0.891. The zero-order valence-corrected chi connectivity index (χ0v) is 18.7. The number of carbonyl (C=O) groups is 2. The first-order chi connectivity index (χ1) is 12.8. The van der Waals surface area contributed by atoms with Gasteiger partial charge in [0.15, 0.2) is 0 Å². The number of quaternary nitrogens is 1. The number of nitrogens with one attached hydrogen (secondary N) is 1. The van der Waals surface area contributed by atoms with Crippen LogP contribution in [0.1, 0.15) is 63.4 Å². The number of hydrogen-bond acceptors (Lipinski definition) is 4. The number of aryl methyl sites for hydroxylation is 1. The predicted octanol–water partition coefficient (Wildman–Crippen LogP) is 4.24. The third-order valence-corrected chi connectivity index (χ3v) is 5.24. The van der Waals surface area contributed by atoms with E-state index in [2.05, 4.69) is 22.1 Å². The molecule has 1 rings (SSSR count). The molecule has 1 atom stereocenters. The molecular formula is C21H40N3O3S+. The van der Waals surface area contributed by atoms with Crippen molar-refractivity contribution in [3.8, 4) is 0 Å². The van der Waals surface area contributed by atoms with Crippen LogP contribution in [0.25, 0.3) is 0 Å². The molecule has 0 spiro atoms. The van der Waals surface area contributed by atoms with Crippen LogP contribution in [-0.2, 0) is 16.0 Å². The average Bonchev–Trinajstić information content (AvgIpc) is 3.04. The lowest BCUT2D eigenvalue weighted by Crippen LogP contribution is -2.49. The molecule has 6 nitrogen and oxygen atoms in total. The number of carboxylic acids is 1. The summed E-state index contributed by atoms with van der Waals surface area (Å²) in [4.78, 5) is 23.1. The van der Waals surface area contributed by atoms with Crippen LogP contribution in [0.15, 0.2) is 16.8 Å². The molecule has 0 fully saturated rings. The summed E-state index contributed by atoms with van der Waals surface area (Å²) in [7, 11) is 6.00. The SMILES string of the molecule is C[N+](C)(C)C[C@@H](CC(=O)O)NC(=O)CCCCCCCCCc1ccsc1.N. The number of thiophene rings is 1. The third kappa shape index (κ3) is 14.6. The highest BCUT2D eigenvalue weighted by molar-refractivity contribution is 7.07. The number of unbranched alkanes of at least 4 members (excludes halogenated alkanes) is 6. The van der Waals surface area contributed by atoms with E-state index in [0.29, 0.717) is 17.4 Å². The van der Waals surface area contributed by atoms with Gasteiger partial charge in [0.2, 0.25) is 5.91 Å². The molecule has 0 aliphatic rings. The van der Waals surface area contributed by atoms with Gasteiger partial charge in [0, 0.05) is 6.42 Å². The van der Waals surface area contributed by atoms with Gasteiger partial charge >= 0.3 is 5.97 Å². The van der Waals surface area contributed by atoms with Crippen LogP contribution in [0.4, 0.5) is 0 Å². The van der Waals surface area contributed by atoms with E-state index in [9.17, 15) is 9.59 Å². The summed E-state index contributed by atoms with van der Waals surface area (Å²) >= 11 is 1.77. The molecule has 1 heterocycles. The fraction of sp³-hybridized carbons (Fsp3) is 0.714. The zero-order valence-electron chi connectivity index (χ0n) is 17.9. The number of likely N-dealkylation sites (N-methyl/N-ethyl adjacent to an activating group) is 1. The highest BCUT2D eigenvalue weighted by Crippen LogP contribution is 2.13. The number of aliphatic carboxylic acids is 1. The van der Waals surface area contributed by atoms with Gasteiger partial charge in [0.25, 0.3) is 0 Å². The van der Waals surface area contributed by atoms with E-state index in [1.165, 1.54) is 44.1 Å². The lowest BCUT2D eigenvalue weighted by atomic mass is 10.1. The minimum atomic E-state index is -0.868. The van der Waals surface area contributed by atoms with E-state index in [-0.39, 0.29) is 24.5 Å². The molecule has 0 aliphatic carbocycles. The normalized spacial score (nSPS) is 12.2. The maximum atomic E-state index is 12.1. The first-order valence-corrected chi connectivity index (χ1v) is 11.0. The molecule has 1 aromatic heterocycles. The molecule has 162 valence electrons. The molecule has 7 heteroatoms. The van der Waals surface area contributed by atoms with Crippen molar-refractivity contribution in [1.82, 2.24) is 11.5 Å². The number of hydrogen-bond donors (Lipinski definition) is 3. The van der Waals surface area contributed by atoms with Crippen molar-refractivity contribution in [2.24, 2.45) is 0 Å². The lowest BCUT2D eigenvalue weighted by molar-refractivity contribution is -0.871. The Morgan fingerprint density at radius 3 is 2.21 bits per heavy atom. The summed E-state index contributed by atoms with van der Waals surface area (Å²) in [6.07, 6.45) is 9.81. The topological polar surface area (TPSA) is 101 Å². The molecular weight excluding hydrogens is 374 g/mol. The van der Waals surface area contributed by atoms with Gasteiger partial charge in [0.05, 0.1) is 40.2 Å². The minimum absolute atomic E-state index is 0. The second kappa shape index (κ2) is 14.5. The average molecular weight is 415 g/mol. The van der Waals surface area contributed by atoms with Crippen LogP contribution < -0.4 is 11.5 Å². The van der Waals surface area contributed by atoms with E-state index < -0.39 is 5.97 Å². The van der Waals surface area contributed by atoms with Crippen molar-refractivity contribution in [2.75, 3.05) is 27.7 Å². The molecule has 5 N–H and O–H groups in total. The number of carboxylic acid groups (broad SMARTS) is 1. The fourth-order valence-electron chi connectivity index (χ4n) is 3.27. The molecule has 0 aliphatic heterocycles.